The summed E-state index contributed by atoms with van der Waals surface area (Å²) in [7, 11) is 1.36. The number of hydrogen-bond donors (Lipinski definition) is 0. The molecule has 0 bridgehead atoms. The van der Waals surface area contributed by atoms with E-state index in [0.717, 1.165) is 5.56 Å². The Balaban J connectivity index is 2.04. The Kier molecular flexibility index (Phi) is 4.70. The molecule has 2 aromatic rings. The molecule has 0 saturated heterocycles. The van der Waals surface area contributed by atoms with E-state index < -0.39 is 11.5 Å². The Bertz CT molecular complexity index is 785. The van der Waals surface area contributed by atoms with Gasteiger partial charge in [-0.25, -0.2) is 4.79 Å². The number of benzene rings is 2. The smallest absolute Gasteiger partial charge is 0.336 e. The van der Waals surface area contributed by atoms with Gasteiger partial charge in [0.05, 0.1) is 7.11 Å². The summed E-state index contributed by atoms with van der Waals surface area (Å²) in [5, 5.41) is 0. The first-order chi connectivity index (χ1) is 12.1. The molecule has 3 rings (SSSR count). The second-order valence-corrected chi connectivity index (χ2v) is 6.22. The Morgan fingerprint density at radius 1 is 1.04 bits per heavy atom. The van der Waals surface area contributed by atoms with E-state index in [1.807, 2.05) is 61.5 Å². The zero-order chi connectivity index (χ0) is 17.9. The fourth-order valence-corrected chi connectivity index (χ4v) is 3.38. The number of esters is 1. The Hall–Kier alpha value is -2.88. The molecule has 2 aromatic carbocycles. The normalized spacial score (nSPS) is 22.0. The molecule has 0 fully saturated rings. The van der Waals surface area contributed by atoms with Gasteiger partial charge in [-0.1, -0.05) is 54.6 Å². The fourth-order valence-electron chi connectivity index (χ4n) is 3.38. The molecule has 0 radical (unpaired) electrons. The lowest BCUT2D eigenvalue weighted by molar-refractivity contribution is -0.150. The summed E-state index contributed by atoms with van der Waals surface area (Å²) >= 11 is 0. The zero-order valence-corrected chi connectivity index (χ0v) is 14.4. The van der Waals surface area contributed by atoms with Crippen molar-refractivity contribution in [3.8, 4) is 0 Å². The monoisotopic (exact) mass is 335 g/mol. The van der Waals surface area contributed by atoms with Gasteiger partial charge in [0.15, 0.2) is 5.54 Å². The van der Waals surface area contributed by atoms with Crippen LogP contribution in [0.5, 0.6) is 0 Å². The van der Waals surface area contributed by atoms with Crippen molar-refractivity contribution < 1.29 is 14.3 Å². The van der Waals surface area contributed by atoms with Gasteiger partial charge < -0.3 is 9.64 Å². The number of amides is 1. The highest BCUT2D eigenvalue weighted by Gasteiger charge is 2.50. The van der Waals surface area contributed by atoms with Crippen LogP contribution in [0.2, 0.25) is 0 Å². The summed E-state index contributed by atoms with van der Waals surface area (Å²) in [6.07, 6.45) is 4.07. The minimum absolute atomic E-state index is 0.181. The summed E-state index contributed by atoms with van der Waals surface area (Å²) in [5.41, 5.74) is 0.388. The second kappa shape index (κ2) is 6.93. The van der Waals surface area contributed by atoms with Crippen LogP contribution in [0.3, 0.4) is 0 Å². The molecule has 25 heavy (non-hydrogen) atoms. The van der Waals surface area contributed by atoms with Gasteiger partial charge in [0.25, 0.3) is 5.91 Å². The van der Waals surface area contributed by atoms with Gasteiger partial charge in [-0.3, -0.25) is 4.79 Å². The zero-order valence-electron chi connectivity index (χ0n) is 14.4. The summed E-state index contributed by atoms with van der Waals surface area (Å²) in [5.74, 6) is -0.610. The summed E-state index contributed by atoms with van der Waals surface area (Å²) in [4.78, 5) is 27.6. The van der Waals surface area contributed by atoms with E-state index in [1.54, 1.807) is 23.1 Å². The lowest BCUT2D eigenvalue weighted by Crippen LogP contribution is -2.57. The number of nitrogens with zero attached hydrogens (tertiary/aromatic N) is 1. The molecule has 4 heteroatoms. The van der Waals surface area contributed by atoms with Gasteiger partial charge in [0, 0.05) is 18.0 Å². The number of carbonyl (C=O) groups excluding carboxylic acids is 2. The minimum Gasteiger partial charge on any atom is -0.467 e. The van der Waals surface area contributed by atoms with Crippen molar-refractivity contribution >= 4 is 11.9 Å². The molecular formula is C21H21NO3. The summed E-state index contributed by atoms with van der Waals surface area (Å²) < 4.78 is 5.09. The highest BCUT2D eigenvalue weighted by Crippen LogP contribution is 2.34. The van der Waals surface area contributed by atoms with Crippen LogP contribution < -0.4 is 0 Å². The maximum absolute atomic E-state index is 13.2. The third kappa shape index (κ3) is 3.07. The average Bonchev–Trinajstić information content (AvgIpc) is 2.99. The van der Waals surface area contributed by atoms with Gasteiger partial charge in [0.1, 0.15) is 0 Å². The quantitative estimate of drug-likeness (QED) is 0.636. The van der Waals surface area contributed by atoms with E-state index in [2.05, 4.69) is 0 Å². The molecule has 0 N–H and O–H groups in total. The maximum Gasteiger partial charge on any atom is 0.336 e. The third-order valence-corrected chi connectivity index (χ3v) is 4.58. The van der Waals surface area contributed by atoms with Crippen molar-refractivity contribution in [1.29, 1.82) is 0 Å². The van der Waals surface area contributed by atoms with Crippen molar-refractivity contribution in [2.45, 2.75) is 24.9 Å². The van der Waals surface area contributed by atoms with Crippen LogP contribution in [0, 0.1) is 0 Å². The van der Waals surface area contributed by atoms with E-state index in [1.165, 1.54) is 7.11 Å². The Labute approximate surface area is 147 Å². The van der Waals surface area contributed by atoms with Crippen LogP contribution in [-0.2, 0) is 16.0 Å². The lowest BCUT2D eigenvalue weighted by atomic mass is 9.89. The van der Waals surface area contributed by atoms with Gasteiger partial charge in [0.2, 0.25) is 0 Å². The molecule has 4 nitrogen and oxygen atoms in total. The van der Waals surface area contributed by atoms with Gasteiger partial charge in [-0.2, -0.15) is 0 Å². The highest BCUT2D eigenvalue weighted by molar-refractivity contribution is 6.00. The molecular weight excluding hydrogens is 314 g/mol. The standard InChI is InChI=1S/C21H21NO3/c1-16-13-14-21(20(24)25-2,15-17-9-5-3-6-10-17)22(16)19(23)18-11-7-4-8-12-18/h3-14,16H,15H2,1-2H3/t16-,21+/m1/s1. The van der Waals surface area contributed by atoms with Crippen LogP contribution >= 0.6 is 0 Å². The van der Waals surface area contributed by atoms with Crippen LogP contribution in [0.1, 0.15) is 22.8 Å². The van der Waals surface area contributed by atoms with Crippen molar-refractivity contribution in [3.05, 3.63) is 83.9 Å². The van der Waals surface area contributed by atoms with Gasteiger partial charge in [-0.15, -0.1) is 0 Å². The third-order valence-electron chi connectivity index (χ3n) is 4.58. The van der Waals surface area contributed by atoms with E-state index >= 15 is 0 Å². The largest absolute Gasteiger partial charge is 0.467 e. The van der Waals surface area contributed by atoms with Crippen molar-refractivity contribution in [1.82, 2.24) is 4.90 Å². The first kappa shape index (κ1) is 17.0. The van der Waals surface area contributed by atoms with E-state index in [-0.39, 0.29) is 11.9 Å². The molecule has 1 aliphatic rings. The topological polar surface area (TPSA) is 46.6 Å². The average molecular weight is 335 g/mol. The second-order valence-electron chi connectivity index (χ2n) is 6.22. The van der Waals surface area contributed by atoms with Crippen molar-refractivity contribution in [2.24, 2.45) is 0 Å². The predicted octanol–water partition coefficient (Wildman–Crippen LogP) is 3.24. The SMILES string of the molecule is COC(=O)[C@@]1(Cc2ccccc2)C=C[C@@H](C)N1C(=O)c1ccccc1. The number of methoxy groups -OCH3 is 1. The molecule has 0 saturated carbocycles. The Morgan fingerprint density at radius 3 is 2.24 bits per heavy atom. The Morgan fingerprint density at radius 2 is 1.64 bits per heavy atom. The summed E-state index contributed by atoms with van der Waals surface area (Å²) in [6, 6.07) is 18.5. The van der Waals surface area contributed by atoms with Crippen LogP contribution in [0.25, 0.3) is 0 Å². The molecule has 2 atom stereocenters. The van der Waals surface area contributed by atoms with Gasteiger partial charge in [-0.05, 0) is 30.7 Å². The molecule has 1 aliphatic heterocycles. The number of hydrogen-bond acceptors (Lipinski definition) is 3. The number of ether oxygens (including phenoxy) is 1. The van der Waals surface area contributed by atoms with Crippen LogP contribution in [-0.4, -0.2) is 35.5 Å². The molecule has 0 aliphatic carbocycles. The lowest BCUT2D eigenvalue weighted by Gasteiger charge is -2.38. The van der Waals surface area contributed by atoms with E-state index in [0.29, 0.717) is 12.0 Å². The first-order valence-electron chi connectivity index (χ1n) is 8.29. The molecule has 1 heterocycles. The van der Waals surface area contributed by atoms with Crippen LogP contribution in [0.4, 0.5) is 0 Å². The minimum atomic E-state index is -1.14. The molecule has 1 amide bonds. The number of carbonyl (C=O) groups is 2. The summed E-state index contributed by atoms with van der Waals surface area (Å²) in [6.45, 7) is 1.91. The van der Waals surface area contributed by atoms with Crippen LogP contribution in [0.15, 0.2) is 72.8 Å². The van der Waals surface area contributed by atoms with Crippen molar-refractivity contribution in [3.63, 3.8) is 0 Å². The maximum atomic E-state index is 13.2. The molecule has 0 unspecified atom stereocenters. The van der Waals surface area contributed by atoms with Crippen molar-refractivity contribution in [2.75, 3.05) is 7.11 Å². The highest BCUT2D eigenvalue weighted by atomic mass is 16.5. The van der Waals surface area contributed by atoms with Gasteiger partial charge >= 0.3 is 5.97 Å². The fraction of sp³-hybridized carbons (Fsp3) is 0.238. The molecule has 0 aromatic heterocycles. The van der Waals surface area contributed by atoms with E-state index in [4.69, 9.17) is 4.74 Å². The first-order valence-corrected chi connectivity index (χ1v) is 8.29. The number of rotatable bonds is 4. The molecule has 0 spiro atoms. The molecule has 128 valence electrons. The van der Waals surface area contributed by atoms with E-state index in [9.17, 15) is 9.59 Å². The predicted molar refractivity (Wildman–Crippen MR) is 96.1 cm³/mol.